The SMILES string of the molecule is NC1(Cc2c3c(cc4c2OCCC4)OCCC3)CC1. The molecule has 0 saturated heterocycles. The number of benzene rings is 1. The predicted octanol–water partition coefficient (Wildman–Crippen LogP) is 2.37. The van der Waals surface area contributed by atoms with Crippen molar-refractivity contribution in [3.8, 4) is 11.5 Å². The van der Waals surface area contributed by atoms with Crippen LogP contribution in [-0.2, 0) is 19.3 Å². The average molecular weight is 259 g/mol. The van der Waals surface area contributed by atoms with E-state index in [0.717, 1.165) is 69.7 Å². The van der Waals surface area contributed by atoms with Crippen molar-refractivity contribution in [2.45, 2.75) is 50.5 Å². The Hall–Kier alpha value is -1.22. The van der Waals surface area contributed by atoms with Gasteiger partial charge in [0, 0.05) is 16.7 Å². The quantitative estimate of drug-likeness (QED) is 0.887. The summed E-state index contributed by atoms with van der Waals surface area (Å²) in [6.45, 7) is 1.69. The lowest BCUT2D eigenvalue weighted by atomic mass is 9.89. The number of ether oxygens (including phenoxy) is 2. The van der Waals surface area contributed by atoms with Crippen LogP contribution >= 0.6 is 0 Å². The molecule has 3 aliphatic rings. The average Bonchev–Trinajstić information content (AvgIpc) is 3.16. The number of aryl methyl sites for hydroxylation is 1. The molecule has 1 saturated carbocycles. The third-order valence-electron chi connectivity index (χ3n) is 4.62. The molecule has 1 fully saturated rings. The molecule has 102 valence electrons. The number of hydrogen-bond donors (Lipinski definition) is 1. The van der Waals surface area contributed by atoms with Gasteiger partial charge in [0.1, 0.15) is 11.5 Å². The predicted molar refractivity (Wildman–Crippen MR) is 73.9 cm³/mol. The third kappa shape index (κ3) is 2.00. The standard InChI is InChI=1S/C16H21NO2/c17-16(5-6-16)10-13-12-4-2-7-18-14(12)9-11-3-1-8-19-15(11)13/h9H,1-8,10,17H2. The number of fused-ring (bicyclic) bond motifs is 2. The molecular weight excluding hydrogens is 238 g/mol. The highest BCUT2D eigenvalue weighted by Crippen LogP contribution is 2.45. The van der Waals surface area contributed by atoms with Gasteiger partial charge >= 0.3 is 0 Å². The van der Waals surface area contributed by atoms with Crippen LogP contribution in [0.2, 0.25) is 0 Å². The summed E-state index contributed by atoms with van der Waals surface area (Å²) in [4.78, 5) is 0. The largest absolute Gasteiger partial charge is 0.493 e. The first kappa shape index (κ1) is 11.6. The van der Waals surface area contributed by atoms with E-state index >= 15 is 0 Å². The molecule has 0 aromatic heterocycles. The van der Waals surface area contributed by atoms with Crippen molar-refractivity contribution in [3.63, 3.8) is 0 Å². The maximum Gasteiger partial charge on any atom is 0.126 e. The number of nitrogens with two attached hydrogens (primary N) is 1. The Kier molecular flexibility index (Phi) is 2.52. The summed E-state index contributed by atoms with van der Waals surface area (Å²) in [5.41, 5.74) is 10.4. The van der Waals surface area contributed by atoms with Gasteiger partial charge in [0.15, 0.2) is 0 Å². The summed E-state index contributed by atoms with van der Waals surface area (Å²) in [5.74, 6) is 2.22. The van der Waals surface area contributed by atoms with E-state index in [1.807, 2.05) is 0 Å². The normalized spacial score (nSPS) is 22.8. The lowest BCUT2D eigenvalue weighted by Gasteiger charge is -2.28. The van der Waals surface area contributed by atoms with E-state index in [1.165, 1.54) is 16.7 Å². The molecule has 1 aliphatic carbocycles. The van der Waals surface area contributed by atoms with Crippen LogP contribution in [0.15, 0.2) is 6.07 Å². The molecule has 4 rings (SSSR count). The summed E-state index contributed by atoms with van der Waals surface area (Å²) >= 11 is 0. The molecule has 0 unspecified atom stereocenters. The first-order valence-corrected chi connectivity index (χ1v) is 7.47. The summed E-state index contributed by atoms with van der Waals surface area (Å²) < 4.78 is 11.9. The Labute approximate surface area is 114 Å². The fourth-order valence-corrected chi connectivity index (χ4v) is 3.30. The first-order valence-electron chi connectivity index (χ1n) is 7.47. The van der Waals surface area contributed by atoms with Gasteiger partial charge in [-0.05, 0) is 56.6 Å². The smallest absolute Gasteiger partial charge is 0.126 e. The van der Waals surface area contributed by atoms with E-state index in [-0.39, 0.29) is 5.54 Å². The van der Waals surface area contributed by atoms with Gasteiger partial charge in [-0.1, -0.05) is 0 Å². The van der Waals surface area contributed by atoms with Crippen molar-refractivity contribution in [2.75, 3.05) is 13.2 Å². The van der Waals surface area contributed by atoms with Crippen molar-refractivity contribution >= 4 is 0 Å². The van der Waals surface area contributed by atoms with Gasteiger partial charge in [-0.15, -0.1) is 0 Å². The van der Waals surface area contributed by atoms with E-state index in [1.54, 1.807) is 0 Å². The fraction of sp³-hybridized carbons (Fsp3) is 0.625. The Morgan fingerprint density at radius 2 is 1.89 bits per heavy atom. The molecule has 19 heavy (non-hydrogen) atoms. The molecule has 3 heteroatoms. The highest BCUT2D eigenvalue weighted by atomic mass is 16.5. The van der Waals surface area contributed by atoms with Gasteiger partial charge in [0.2, 0.25) is 0 Å². The van der Waals surface area contributed by atoms with Crippen LogP contribution in [0, 0.1) is 0 Å². The van der Waals surface area contributed by atoms with E-state index in [9.17, 15) is 0 Å². The lowest BCUT2D eigenvalue weighted by Crippen LogP contribution is -2.27. The van der Waals surface area contributed by atoms with Crippen LogP contribution in [0.5, 0.6) is 11.5 Å². The molecule has 0 radical (unpaired) electrons. The van der Waals surface area contributed by atoms with Gasteiger partial charge < -0.3 is 15.2 Å². The van der Waals surface area contributed by atoms with Crippen LogP contribution < -0.4 is 15.2 Å². The topological polar surface area (TPSA) is 44.5 Å². The van der Waals surface area contributed by atoms with Gasteiger partial charge in [-0.3, -0.25) is 0 Å². The van der Waals surface area contributed by atoms with Crippen LogP contribution in [0.1, 0.15) is 42.4 Å². The molecule has 2 heterocycles. The molecule has 0 bridgehead atoms. The van der Waals surface area contributed by atoms with Crippen molar-refractivity contribution in [2.24, 2.45) is 5.73 Å². The summed E-state index contributed by atoms with van der Waals surface area (Å²) in [5, 5.41) is 0. The third-order valence-corrected chi connectivity index (χ3v) is 4.62. The Bertz CT molecular complexity index is 486. The minimum absolute atomic E-state index is 0.0289. The molecule has 0 atom stereocenters. The number of rotatable bonds is 2. The second-order valence-electron chi connectivity index (χ2n) is 6.26. The summed E-state index contributed by atoms with van der Waals surface area (Å²) in [7, 11) is 0. The molecule has 0 spiro atoms. The lowest BCUT2D eigenvalue weighted by molar-refractivity contribution is 0.268. The monoisotopic (exact) mass is 259 g/mol. The Balaban J connectivity index is 1.83. The molecule has 3 nitrogen and oxygen atoms in total. The van der Waals surface area contributed by atoms with Crippen LogP contribution in [-0.4, -0.2) is 18.8 Å². The second kappa shape index (κ2) is 4.14. The summed E-state index contributed by atoms with van der Waals surface area (Å²) in [6.07, 6.45) is 7.68. The summed E-state index contributed by atoms with van der Waals surface area (Å²) in [6, 6.07) is 2.21. The molecule has 0 amide bonds. The molecule has 1 aromatic rings. The highest BCUT2D eigenvalue weighted by Gasteiger charge is 2.40. The van der Waals surface area contributed by atoms with Gasteiger partial charge in [-0.2, -0.15) is 0 Å². The molecular formula is C16H21NO2. The van der Waals surface area contributed by atoms with E-state index in [4.69, 9.17) is 15.2 Å². The zero-order valence-corrected chi connectivity index (χ0v) is 11.3. The van der Waals surface area contributed by atoms with E-state index in [2.05, 4.69) is 6.07 Å². The minimum Gasteiger partial charge on any atom is -0.493 e. The van der Waals surface area contributed by atoms with Crippen LogP contribution in [0.25, 0.3) is 0 Å². The molecule has 2 aliphatic heterocycles. The van der Waals surface area contributed by atoms with Crippen molar-refractivity contribution in [1.82, 2.24) is 0 Å². The van der Waals surface area contributed by atoms with Crippen LogP contribution in [0.3, 0.4) is 0 Å². The van der Waals surface area contributed by atoms with E-state index in [0.29, 0.717) is 0 Å². The van der Waals surface area contributed by atoms with Crippen molar-refractivity contribution in [3.05, 3.63) is 22.8 Å². The second-order valence-corrected chi connectivity index (χ2v) is 6.26. The van der Waals surface area contributed by atoms with Crippen molar-refractivity contribution < 1.29 is 9.47 Å². The zero-order chi connectivity index (χ0) is 12.9. The van der Waals surface area contributed by atoms with Crippen molar-refractivity contribution in [1.29, 1.82) is 0 Å². The zero-order valence-electron chi connectivity index (χ0n) is 11.3. The minimum atomic E-state index is 0.0289. The Morgan fingerprint density at radius 1 is 1.11 bits per heavy atom. The first-order chi connectivity index (χ1) is 9.25. The fourth-order valence-electron chi connectivity index (χ4n) is 3.30. The molecule has 2 N–H and O–H groups in total. The maximum atomic E-state index is 6.35. The van der Waals surface area contributed by atoms with Crippen LogP contribution in [0.4, 0.5) is 0 Å². The van der Waals surface area contributed by atoms with Gasteiger partial charge in [0.25, 0.3) is 0 Å². The molecule has 1 aromatic carbocycles. The maximum absolute atomic E-state index is 6.35. The Morgan fingerprint density at radius 3 is 2.74 bits per heavy atom. The van der Waals surface area contributed by atoms with E-state index < -0.39 is 0 Å². The van der Waals surface area contributed by atoms with Gasteiger partial charge in [0.05, 0.1) is 13.2 Å². The highest BCUT2D eigenvalue weighted by molar-refractivity contribution is 5.56. The number of hydrogen-bond acceptors (Lipinski definition) is 3. The van der Waals surface area contributed by atoms with Gasteiger partial charge in [-0.25, -0.2) is 0 Å².